The van der Waals surface area contributed by atoms with E-state index in [1.807, 2.05) is 27.2 Å². The Hall–Kier alpha value is -1.54. The van der Waals surface area contributed by atoms with Crippen LogP contribution in [0.1, 0.15) is 264 Å². The lowest BCUT2D eigenvalue weighted by molar-refractivity contribution is -0.870. The number of nitrogens with zero attached hydrogens (tertiary/aromatic N) is 1. The summed E-state index contributed by atoms with van der Waals surface area (Å²) in [7, 11) is 1.23. The zero-order chi connectivity index (χ0) is 49.2. The molecule has 8 nitrogen and oxygen atoms in total. The number of quaternary nitrogens is 1. The van der Waals surface area contributed by atoms with E-state index in [2.05, 4.69) is 55.6 Å². The van der Waals surface area contributed by atoms with E-state index < -0.39 is 26.6 Å². The van der Waals surface area contributed by atoms with E-state index in [0.717, 1.165) is 64.2 Å². The number of aliphatic hydroxyl groups excluding tert-OH is 1. The highest BCUT2D eigenvalue weighted by Gasteiger charge is 2.23. The zero-order valence-electron chi connectivity index (χ0n) is 44.9. The second kappa shape index (κ2) is 49.4. The monoisotopic (exact) mass is 963 g/mol. The van der Waals surface area contributed by atoms with Gasteiger partial charge in [-0.25, -0.2) is 0 Å². The molecule has 394 valence electrons. The summed E-state index contributed by atoms with van der Waals surface area (Å²) in [5.41, 5.74) is 0. The van der Waals surface area contributed by atoms with Gasteiger partial charge in [-0.05, 0) is 57.8 Å². The number of phosphoric ester groups is 1. The minimum Gasteiger partial charge on any atom is -0.756 e. The van der Waals surface area contributed by atoms with Gasteiger partial charge in [-0.2, -0.15) is 0 Å². The van der Waals surface area contributed by atoms with Crippen molar-refractivity contribution in [2.24, 2.45) is 0 Å². The summed E-state index contributed by atoms with van der Waals surface area (Å²) >= 11 is 0. The first-order valence-corrected chi connectivity index (χ1v) is 30.0. The van der Waals surface area contributed by atoms with Gasteiger partial charge in [0.1, 0.15) is 13.2 Å². The lowest BCUT2D eigenvalue weighted by Gasteiger charge is -2.29. The average Bonchev–Trinajstić information content (AvgIpc) is 3.29. The van der Waals surface area contributed by atoms with E-state index in [9.17, 15) is 19.4 Å². The molecule has 0 saturated carbocycles. The molecule has 0 radical (unpaired) electrons. The molecular weight excluding hydrogens is 852 g/mol. The Morgan fingerprint density at radius 1 is 0.522 bits per heavy atom. The third-order valence-corrected chi connectivity index (χ3v) is 13.7. The third-order valence-electron chi connectivity index (χ3n) is 12.8. The summed E-state index contributed by atoms with van der Waals surface area (Å²) in [6.07, 6.45) is 65.0. The van der Waals surface area contributed by atoms with Gasteiger partial charge < -0.3 is 28.8 Å². The van der Waals surface area contributed by atoms with Crippen LogP contribution in [0.25, 0.3) is 0 Å². The summed E-state index contributed by atoms with van der Waals surface area (Å²) in [6, 6.07) is -0.912. The number of nitrogens with one attached hydrogen (secondary N) is 1. The number of likely N-dealkylation sites (N-methyl/N-ethyl adjacent to an activating group) is 1. The highest BCUT2D eigenvalue weighted by molar-refractivity contribution is 7.45. The van der Waals surface area contributed by atoms with Crippen molar-refractivity contribution in [3.05, 3.63) is 48.6 Å². The minimum absolute atomic E-state index is 0.0102. The van der Waals surface area contributed by atoms with Crippen LogP contribution < -0.4 is 10.2 Å². The van der Waals surface area contributed by atoms with Gasteiger partial charge in [-0.3, -0.25) is 9.36 Å². The second-order valence-electron chi connectivity index (χ2n) is 20.6. The first-order chi connectivity index (χ1) is 32.5. The number of amides is 1. The van der Waals surface area contributed by atoms with Gasteiger partial charge in [0.2, 0.25) is 5.91 Å². The number of carbonyl (C=O) groups is 1. The van der Waals surface area contributed by atoms with Crippen molar-refractivity contribution < 1.29 is 32.9 Å². The molecule has 1 amide bonds. The van der Waals surface area contributed by atoms with Gasteiger partial charge in [0.15, 0.2) is 0 Å². The predicted molar refractivity (Wildman–Crippen MR) is 288 cm³/mol. The maximum Gasteiger partial charge on any atom is 0.268 e. The molecule has 0 rings (SSSR count). The molecule has 3 unspecified atom stereocenters. The average molecular weight is 964 g/mol. The van der Waals surface area contributed by atoms with Crippen molar-refractivity contribution in [1.82, 2.24) is 5.32 Å². The number of hydrogen-bond donors (Lipinski definition) is 2. The van der Waals surface area contributed by atoms with Crippen molar-refractivity contribution >= 4 is 13.7 Å². The molecule has 3 atom stereocenters. The van der Waals surface area contributed by atoms with Gasteiger partial charge in [0, 0.05) is 6.42 Å². The molecule has 0 spiro atoms. The molecule has 2 N–H and O–H groups in total. The molecule has 0 aromatic heterocycles. The number of allylic oxidation sites excluding steroid dienone is 7. The predicted octanol–water partition coefficient (Wildman–Crippen LogP) is 16.5. The fourth-order valence-corrected chi connectivity index (χ4v) is 8.97. The van der Waals surface area contributed by atoms with Crippen molar-refractivity contribution in [3.8, 4) is 0 Å². The molecule has 9 heteroatoms. The first kappa shape index (κ1) is 65.5. The van der Waals surface area contributed by atoms with Crippen molar-refractivity contribution in [3.63, 3.8) is 0 Å². The van der Waals surface area contributed by atoms with Gasteiger partial charge in [0.25, 0.3) is 7.82 Å². The van der Waals surface area contributed by atoms with Crippen LogP contribution in [0.15, 0.2) is 48.6 Å². The molecule has 0 saturated heterocycles. The van der Waals surface area contributed by atoms with Crippen LogP contribution in [0.2, 0.25) is 0 Å². The minimum atomic E-state index is -4.61. The number of hydrogen-bond acceptors (Lipinski definition) is 6. The number of rotatable bonds is 52. The summed E-state index contributed by atoms with van der Waals surface area (Å²) in [5.74, 6) is -0.221. The van der Waals surface area contributed by atoms with Crippen LogP contribution in [0.5, 0.6) is 0 Å². The van der Waals surface area contributed by atoms with Crippen LogP contribution in [-0.4, -0.2) is 68.5 Å². The second-order valence-corrected chi connectivity index (χ2v) is 22.0. The Kier molecular flexibility index (Phi) is 48.3. The summed E-state index contributed by atoms with van der Waals surface area (Å²) < 4.78 is 23.3. The van der Waals surface area contributed by atoms with Gasteiger partial charge in [-0.15, -0.1) is 0 Å². The van der Waals surface area contributed by atoms with E-state index in [0.29, 0.717) is 17.4 Å². The molecule has 67 heavy (non-hydrogen) atoms. The van der Waals surface area contributed by atoms with Crippen LogP contribution in [0.4, 0.5) is 0 Å². The lowest BCUT2D eigenvalue weighted by atomic mass is 10.0. The van der Waals surface area contributed by atoms with Crippen LogP contribution >= 0.6 is 7.82 Å². The molecule has 0 aliphatic rings. The highest BCUT2D eigenvalue weighted by Crippen LogP contribution is 2.38. The third kappa shape index (κ3) is 52.1. The maximum atomic E-state index is 12.9. The fraction of sp³-hybridized carbons (Fsp3) is 0.845. The Bertz CT molecular complexity index is 1230. The number of carbonyl (C=O) groups excluding carboxylic acids is 1. The number of phosphoric acid groups is 1. The molecular formula is C58H111N2O6P. The lowest BCUT2D eigenvalue weighted by Crippen LogP contribution is -2.45. The van der Waals surface area contributed by atoms with Crippen molar-refractivity contribution in [1.29, 1.82) is 0 Å². The van der Waals surface area contributed by atoms with Gasteiger partial charge in [-0.1, -0.05) is 249 Å². The van der Waals surface area contributed by atoms with Crippen molar-refractivity contribution in [2.75, 3.05) is 40.9 Å². The largest absolute Gasteiger partial charge is 0.756 e. The maximum absolute atomic E-state index is 12.9. The summed E-state index contributed by atoms with van der Waals surface area (Å²) in [5, 5.41) is 13.8. The Labute approximate surface area is 416 Å². The highest BCUT2D eigenvalue weighted by atomic mass is 31.2. The van der Waals surface area contributed by atoms with Crippen molar-refractivity contribution in [2.45, 2.75) is 276 Å². The smallest absolute Gasteiger partial charge is 0.268 e. The van der Waals surface area contributed by atoms with E-state index in [1.54, 1.807) is 6.08 Å². The summed E-state index contributed by atoms with van der Waals surface area (Å²) in [4.78, 5) is 25.4. The first-order valence-electron chi connectivity index (χ1n) is 28.5. The topological polar surface area (TPSA) is 108 Å². The fourth-order valence-electron chi connectivity index (χ4n) is 8.25. The molecule has 0 aliphatic heterocycles. The molecule has 0 heterocycles. The van der Waals surface area contributed by atoms with Gasteiger partial charge in [0.05, 0.1) is 39.9 Å². The zero-order valence-corrected chi connectivity index (χ0v) is 45.7. The van der Waals surface area contributed by atoms with Crippen LogP contribution in [0.3, 0.4) is 0 Å². The molecule has 0 aromatic rings. The number of unbranched alkanes of at least 4 members (excludes halogenated alkanes) is 33. The normalized spacial score (nSPS) is 14.3. The Balaban J connectivity index is 4.15. The van der Waals surface area contributed by atoms with E-state index in [4.69, 9.17) is 9.05 Å². The van der Waals surface area contributed by atoms with E-state index in [1.165, 1.54) is 180 Å². The van der Waals surface area contributed by atoms with E-state index >= 15 is 0 Å². The van der Waals surface area contributed by atoms with Crippen LogP contribution in [0, 0.1) is 0 Å². The Morgan fingerprint density at radius 3 is 1.34 bits per heavy atom. The molecule has 0 aromatic carbocycles. The quantitative estimate of drug-likeness (QED) is 0.0272. The Morgan fingerprint density at radius 2 is 0.896 bits per heavy atom. The number of aliphatic hydroxyl groups is 1. The van der Waals surface area contributed by atoms with Gasteiger partial charge >= 0.3 is 0 Å². The van der Waals surface area contributed by atoms with E-state index in [-0.39, 0.29) is 12.5 Å². The molecule has 0 fully saturated rings. The summed E-state index contributed by atoms with van der Waals surface area (Å²) in [6.45, 7) is 4.59. The van der Waals surface area contributed by atoms with Crippen LogP contribution in [-0.2, 0) is 18.4 Å². The SMILES string of the molecule is CCCC/C=C\C/C=C\CCCCCCCC(=O)NC(COP(=O)([O-])OCC[N+](C)(C)C)C(O)/C=C/CC/C=C/CCCCCCCCCCCCCCCCCCCCCCCCCCC. The molecule has 0 bridgehead atoms. The molecule has 0 aliphatic carbocycles. The standard InChI is InChI=1S/C58H111N2O6P/c1-6-8-10-12-14-16-18-20-22-23-24-25-26-27-28-29-30-31-32-33-34-35-36-37-38-39-41-43-45-47-49-51-57(61)56(55-66-67(63,64)65-54-53-60(3,4)5)59-58(62)52-50-48-46-44-42-40-21-19-17-15-13-11-9-7-2/h13,15,19,21,41,43,49,51,56-57,61H,6-12,14,16-18,20,22-40,42,44-48,50,52-55H2,1-5H3,(H-,59,62,63,64)/b15-13-,21-19-,43-41+,51-49+.